The molecule has 0 unspecified atom stereocenters. The van der Waals surface area contributed by atoms with Crippen LogP contribution in [0.15, 0.2) is 127 Å². The summed E-state index contributed by atoms with van der Waals surface area (Å²) < 4.78 is 29.4. The summed E-state index contributed by atoms with van der Waals surface area (Å²) in [5, 5.41) is 0. The van der Waals surface area contributed by atoms with Gasteiger partial charge >= 0.3 is 0 Å². The first-order valence-corrected chi connectivity index (χ1v) is 13.8. The fourth-order valence-corrected chi connectivity index (χ4v) is 4.25. The van der Waals surface area contributed by atoms with Crippen molar-refractivity contribution in [1.82, 2.24) is 0 Å². The zero-order chi connectivity index (χ0) is 28.8. The minimum Gasteiger partial charge on any atom is -0.489 e. The molecule has 212 valence electrons. The summed E-state index contributed by atoms with van der Waals surface area (Å²) in [6.07, 6.45) is 4.02. The van der Waals surface area contributed by atoms with Gasteiger partial charge in [0.1, 0.15) is 42.8 Å². The van der Waals surface area contributed by atoms with Crippen molar-refractivity contribution in [3.05, 3.63) is 155 Å². The molecule has 42 heavy (non-hydrogen) atoms. The van der Waals surface area contributed by atoms with E-state index in [4.69, 9.17) is 23.7 Å². The first-order valence-electron chi connectivity index (χ1n) is 13.8. The van der Waals surface area contributed by atoms with Gasteiger partial charge in [-0.1, -0.05) is 103 Å². The summed E-state index contributed by atoms with van der Waals surface area (Å²) in [5.41, 5.74) is 5.09. The third-order valence-electron chi connectivity index (χ3n) is 6.48. The van der Waals surface area contributed by atoms with Gasteiger partial charge in [-0.05, 0) is 41.0 Å². The van der Waals surface area contributed by atoms with E-state index in [0.717, 1.165) is 39.3 Å². The molecular formula is C37H34O5. The van der Waals surface area contributed by atoms with E-state index in [2.05, 4.69) is 0 Å². The van der Waals surface area contributed by atoms with Crippen molar-refractivity contribution in [3.63, 3.8) is 0 Å². The van der Waals surface area contributed by atoms with Crippen LogP contribution in [0.25, 0.3) is 12.2 Å². The smallest absolute Gasteiger partial charge is 0.188 e. The molecule has 0 spiro atoms. The number of rotatable bonds is 14. The van der Waals surface area contributed by atoms with E-state index in [-0.39, 0.29) is 6.79 Å². The second kappa shape index (κ2) is 15.1. The lowest BCUT2D eigenvalue weighted by Crippen LogP contribution is -2.01. The summed E-state index contributed by atoms with van der Waals surface area (Å²) in [6, 6.07) is 42.0. The normalized spacial score (nSPS) is 10.9. The minimum atomic E-state index is 0.127. The number of benzene rings is 5. The highest BCUT2D eigenvalue weighted by atomic mass is 16.7. The summed E-state index contributed by atoms with van der Waals surface area (Å²) in [7, 11) is 1.60. The van der Waals surface area contributed by atoms with Gasteiger partial charge in [0.25, 0.3) is 0 Å². The highest BCUT2D eigenvalue weighted by Crippen LogP contribution is 2.31. The maximum atomic E-state index is 6.29. The van der Waals surface area contributed by atoms with Gasteiger partial charge in [0.2, 0.25) is 0 Å². The first kappa shape index (κ1) is 28.5. The van der Waals surface area contributed by atoms with Crippen LogP contribution in [0.4, 0.5) is 0 Å². The molecule has 0 heterocycles. The van der Waals surface area contributed by atoms with Gasteiger partial charge in [-0.25, -0.2) is 0 Å². The van der Waals surface area contributed by atoms with Crippen LogP contribution in [0.5, 0.6) is 23.0 Å². The second-order valence-electron chi connectivity index (χ2n) is 9.61. The molecule has 0 bridgehead atoms. The molecule has 5 aromatic rings. The molecule has 0 amide bonds. The lowest BCUT2D eigenvalue weighted by molar-refractivity contribution is 0.0508. The molecule has 0 aliphatic heterocycles. The molecule has 0 radical (unpaired) electrons. The summed E-state index contributed by atoms with van der Waals surface area (Å²) in [4.78, 5) is 0. The average molecular weight is 559 g/mol. The Bertz CT molecular complexity index is 1550. The van der Waals surface area contributed by atoms with Gasteiger partial charge in [0.15, 0.2) is 6.79 Å². The molecule has 0 N–H and O–H groups in total. The summed E-state index contributed by atoms with van der Waals surface area (Å²) in [6.45, 7) is 1.52. The zero-order valence-corrected chi connectivity index (χ0v) is 23.6. The molecule has 5 heteroatoms. The Hall–Kier alpha value is -5.00. The largest absolute Gasteiger partial charge is 0.489 e. The molecule has 0 aliphatic rings. The predicted octanol–water partition coefficient (Wildman–Crippen LogP) is 8.58. The first-order chi connectivity index (χ1) is 20.8. The van der Waals surface area contributed by atoms with Crippen LogP contribution in [-0.2, 0) is 24.6 Å². The lowest BCUT2D eigenvalue weighted by Gasteiger charge is -2.14. The fraction of sp³-hybridized carbons (Fsp3) is 0.135. The highest BCUT2D eigenvalue weighted by molar-refractivity contribution is 5.75. The summed E-state index contributed by atoms with van der Waals surface area (Å²) >= 11 is 0. The van der Waals surface area contributed by atoms with Gasteiger partial charge in [-0.15, -0.1) is 0 Å². The Morgan fingerprint density at radius 2 is 0.857 bits per heavy atom. The number of hydrogen-bond acceptors (Lipinski definition) is 5. The van der Waals surface area contributed by atoms with Crippen molar-refractivity contribution in [2.24, 2.45) is 0 Å². The molecule has 0 atom stereocenters. The summed E-state index contributed by atoms with van der Waals surface area (Å²) in [5.74, 6) is 2.84. The van der Waals surface area contributed by atoms with Crippen LogP contribution < -0.4 is 18.9 Å². The molecule has 5 nitrogen and oxygen atoms in total. The van der Waals surface area contributed by atoms with E-state index in [1.54, 1.807) is 7.11 Å². The van der Waals surface area contributed by atoms with E-state index in [0.29, 0.717) is 31.3 Å². The molecule has 5 aromatic carbocycles. The molecule has 0 saturated carbocycles. The second-order valence-corrected chi connectivity index (χ2v) is 9.61. The molecule has 0 saturated heterocycles. The van der Waals surface area contributed by atoms with Gasteiger partial charge < -0.3 is 23.7 Å². The number of ether oxygens (including phenoxy) is 5. The Morgan fingerprint density at radius 3 is 1.29 bits per heavy atom. The Labute approximate surface area is 247 Å². The molecular weight excluding hydrogens is 524 g/mol. The Balaban J connectivity index is 1.35. The van der Waals surface area contributed by atoms with Gasteiger partial charge in [0.05, 0.1) is 0 Å². The Morgan fingerprint density at radius 1 is 0.452 bits per heavy atom. The highest BCUT2D eigenvalue weighted by Gasteiger charge is 2.09. The standard InChI is InChI=1S/C37H34O5/c1-38-28-42-37-24-35(40-26-30-13-7-3-8-14-30)22-20-33(37)18-17-32-19-21-34(39-25-29-11-5-2-6-12-29)23-36(32)41-27-31-15-9-4-10-16-31/h2-24H,25-28H2,1H3/b18-17-. The SMILES string of the molecule is COCOc1cc(OCc2ccccc2)ccc1/C=C\c1ccc(OCc2ccccc2)cc1OCc1ccccc1. The molecule has 0 fully saturated rings. The van der Waals surface area contributed by atoms with Crippen LogP contribution >= 0.6 is 0 Å². The number of methoxy groups -OCH3 is 1. The van der Waals surface area contributed by atoms with E-state index in [1.807, 2.05) is 140 Å². The molecule has 5 rings (SSSR count). The van der Waals surface area contributed by atoms with Gasteiger partial charge in [0, 0.05) is 30.4 Å². The van der Waals surface area contributed by atoms with Crippen molar-refractivity contribution in [1.29, 1.82) is 0 Å². The Kier molecular flexibility index (Phi) is 10.3. The average Bonchev–Trinajstić information content (AvgIpc) is 3.05. The van der Waals surface area contributed by atoms with Crippen LogP contribution in [0.1, 0.15) is 27.8 Å². The van der Waals surface area contributed by atoms with Crippen LogP contribution in [-0.4, -0.2) is 13.9 Å². The zero-order valence-electron chi connectivity index (χ0n) is 23.6. The quantitative estimate of drug-likeness (QED) is 0.101. The minimum absolute atomic E-state index is 0.127. The van der Waals surface area contributed by atoms with Crippen molar-refractivity contribution >= 4 is 12.2 Å². The maximum Gasteiger partial charge on any atom is 0.188 e. The topological polar surface area (TPSA) is 46.2 Å². The van der Waals surface area contributed by atoms with Gasteiger partial charge in [-0.3, -0.25) is 0 Å². The van der Waals surface area contributed by atoms with Crippen molar-refractivity contribution in [2.75, 3.05) is 13.9 Å². The fourth-order valence-electron chi connectivity index (χ4n) is 4.25. The van der Waals surface area contributed by atoms with E-state index >= 15 is 0 Å². The molecule has 0 aliphatic carbocycles. The van der Waals surface area contributed by atoms with Crippen molar-refractivity contribution in [3.8, 4) is 23.0 Å². The van der Waals surface area contributed by atoms with Crippen LogP contribution in [0.3, 0.4) is 0 Å². The lowest BCUT2D eigenvalue weighted by atomic mass is 10.1. The third kappa shape index (κ3) is 8.50. The van der Waals surface area contributed by atoms with Crippen molar-refractivity contribution in [2.45, 2.75) is 19.8 Å². The van der Waals surface area contributed by atoms with E-state index in [9.17, 15) is 0 Å². The van der Waals surface area contributed by atoms with Gasteiger partial charge in [-0.2, -0.15) is 0 Å². The van der Waals surface area contributed by atoms with E-state index < -0.39 is 0 Å². The van der Waals surface area contributed by atoms with Crippen LogP contribution in [0, 0.1) is 0 Å². The third-order valence-corrected chi connectivity index (χ3v) is 6.48. The molecule has 0 aromatic heterocycles. The van der Waals surface area contributed by atoms with Crippen molar-refractivity contribution < 1.29 is 23.7 Å². The van der Waals surface area contributed by atoms with Crippen LogP contribution in [0.2, 0.25) is 0 Å². The monoisotopic (exact) mass is 558 g/mol. The van der Waals surface area contributed by atoms with E-state index in [1.165, 1.54) is 0 Å². The predicted molar refractivity (Wildman–Crippen MR) is 167 cm³/mol. The number of hydrogen-bond donors (Lipinski definition) is 0. The maximum absolute atomic E-state index is 6.29.